The van der Waals surface area contributed by atoms with Gasteiger partial charge in [-0.15, -0.1) is 0 Å². The van der Waals surface area contributed by atoms with E-state index in [1.807, 2.05) is 19.1 Å². The lowest BCUT2D eigenvalue weighted by molar-refractivity contribution is -0.112. The molecule has 3 nitrogen and oxygen atoms in total. The van der Waals surface area contributed by atoms with Crippen LogP contribution in [0.15, 0.2) is 24.3 Å². The summed E-state index contributed by atoms with van der Waals surface area (Å²) >= 11 is 0. The van der Waals surface area contributed by atoms with Crippen LogP contribution in [0.5, 0.6) is 11.5 Å². The smallest absolute Gasteiger partial charge is 0.152 e. The van der Waals surface area contributed by atoms with Gasteiger partial charge in [0.15, 0.2) is 5.78 Å². The van der Waals surface area contributed by atoms with E-state index in [4.69, 9.17) is 9.47 Å². The van der Waals surface area contributed by atoms with E-state index in [0.29, 0.717) is 11.5 Å². The molecule has 86 valence electrons. The maximum atomic E-state index is 11.0. The summed E-state index contributed by atoms with van der Waals surface area (Å²) in [5.74, 6) is 1.45. The van der Waals surface area contributed by atoms with E-state index in [1.54, 1.807) is 26.4 Å². The van der Waals surface area contributed by atoms with Gasteiger partial charge in [0.2, 0.25) is 0 Å². The van der Waals surface area contributed by atoms with Gasteiger partial charge in [0, 0.05) is 6.07 Å². The SMILES string of the molecule is COc1cc(OC)cc(/C(C)=C/C(C)=O)c1. The Morgan fingerprint density at radius 3 is 1.94 bits per heavy atom. The minimum Gasteiger partial charge on any atom is -0.497 e. The van der Waals surface area contributed by atoms with Crippen LogP contribution in [0.2, 0.25) is 0 Å². The van der Waals surface area contributed by atoms with Crippen molar-refractivity contribution >= 4 is 11.4 Å². The molecule has 0 aliphatic rings. The van der Waals surface area contributed by atoms with Crippen LogP contribution in [0, 0.1) is 0 Å². The molecular formula is C13H16O3. The van der Waals surface area contributed by atoms with Crippen LogP contribution in [0.25, 0.3) is 5.57 Å². The maximum absolute atomic E-state index is 11.0. The number of benzene rings is 1. The van der Waals surface area contributed by atoms with Gasteiger partial charge in [-0.1, -0.05) is 0 Å². The van der Waals surface area contributed by atoms with E-state index in [2.05, 4.69) is 0 Å². The Balaban J connectivity index is 3.17. The molecule has 0 N–H and O–H groups in total. The van der Waals surface area contributed by atoms with E-state index >= 15 is 0 Å². The van der Waals surface area contributed by atoms with Gasteiger partial charge in [0.05, 0.1) is 14.2 Å². The van der Waals surface area contributed by atoms with Crippen LogP contribution in [0.3, 0.4) is 0 Å². The molecule has 0 amide bonds. The first-order chi connectivity index (χ1) is 7.56. The summed E-state index contributed by atoms with van der Waals surface area (Å²) in [6.45, 7) is 3.41. The van der Waals surface area contributed by atoms with Crippen LogP contribution >= 0.6 is 0 Å². The molecular weight excluding hydrogens is 204 g/mol. The Morgan fingerprint density at radius 2 is 1.56 bits per heavy atom. The lowest BCUT2D eigenvalue weighted by Gasteiger charge is -2.08. The minimum atomic E-state index is 0.0271. The molecule has 0 fully saturated rings. The Morgan fingerprint density at radius 1 is 1.06 bits per heavy atom. The van der Waals surface area contributed by atoms with Crippen molar-refractivity contribution in [3.05, 3.63) is 29.8 Å². The summed E-state index contributed by atoms with van der Waals surface area (Å²) in [5, 5.41) is 0. The van der Waals surface area contributed by atoms with Crippen molar-refractivity contribution in [2.24, 2.45) is 0 Å². The highest BCUT2D eigenvalue weighted by Crippen LogP contribution is 2.26. The highest BCUT2D eigenvalue weighted by Gasteiger charge is 2.03. The number of ether oxygens (including phenoxy) is 2. The van der Waals surface area contributed by atoms with E-state index in [9.17, 15) is 4.79 Å². The molecule has 0 aliphatic carbocycles. The number of rotatable bonds is 4. The third kappa shape index (κ3) is 3.12. The van der Waals surface area contributed by atoms with E-state index in [1.165, 1.54) is 6.92 Å². The molecule has 0 saturated heterocycles. The van der Waals surface area contributed by atoms with Crippen molar-refractivity contribution < 1.29 is 14.3 Å². The summed E-state index contributed by atoms with van der Waals surface area (Å²) in [6.07, 6.45) is 1.59. The third-order valence-electron chi connectivity index (χ3n) is 2.23. The van der Waals surface area contributed by atoms with E-state index in [-0.39, 0.29) is 5.78 Å². The van der Waals surface area contributed by atoms with Crippen LogP contribution < -0.4 is 9.47 Å². The average molecular weight is 220 g/mol. The van der Waals surface area contributed by atoms with Gasteiger partial charge in [0.1, 0.15) is 11.5 Å². The first-order valence-electron chi connectivity index (χ1n) is 4.99. The van der Waals surface area contributed by atoms with Crippen LogP contribution in [-0.4, -0.2) is 20.0 Å². The molecule has 0 radical (unpaired) electrons. The van der Waals surface area contributed by atoms with E-state index < -0.39 is 0 Å². The highest BCUT2D eigenvalue weighted by molar-refractivity contribution is 5.94. The molecule has 0 saturated carbocycles. The second-order valence-electron chi connectivity index (χ2n) is 3.54. The number of hydrogen-bond donors (Lipinski definition) is 0. The molecule has 1 aromatic rings. The zero-order valence-electron chi connectivity index (χ0n) is 10.0. The Bertz CT molecular complexity index is 397. The summed E-state index contributed by atoms with van der Waals surface area (Å²) in [5.41, 5.74) is 1.82. The molecule has 0 aromatic heterocycles. The summed E-state index contributed by atoms with van der Waals surface area (Å²) in [4.78, 5) is 11.0. The van der Waals surface area contributed by atoms with Crippen LogP contribution in [-0.2, 0) is 4.79 Å². The van der Waals surface area contributed by atoms with E-state index in [0.717, 1.165) is 11.1 Å². The average Bonchev–Trinajstić information content (AvgIpc) is 2.27. The zero-order chi connectivity index (χ0) is 12.1. The first kappa shape index (κ1) is 12.3. The highest BCUT2D eigenvalue weighted by atomic mass is 16.5. The number of carbonyl (C=O) groups is 1. The fourth-order valence-corrected chi connectivity index (χ4v) is 1.42. The predicted molar refractivity (Wildman–Crippen MR) is 63.9 cm³/mol. The molecule has 0 bridgehead atoms. The minimum absolute atomic E-state index is 0.0271. The zero-order valence-corrected chi connectivity index (χ0v) is 10.0. The lowest BCUT2D eigenvalue weighted by Crippen LogP contribution is -1.91. The topological polar surface area (TPSA) is 35.5 Å². The lowest BCUT2D eigenvalue weighted by atomic mass is 10.1. The largest absolute Gasteiger partial charge is 0.497 e. The van der Waals surface area contributed by atoms with Crippen molar-refractivity contribution in [3.63, 3.8) is 0 Å². The molecule has 16 heavy (non-hydrogen) atoms. The summed E-state index contributed by atoms with van der Waals surface area (Å²) in [7, 11) is 3.20. The molecule has 0 spiro atoms. The van der Waals surface area contributed by atoms with Crippen LogP contribution in [0.4, 0.5) is 0 Å². The summed E-state index contributed by atoms with van der Waals surface area (Å²) in [6, 6.07) is 5.54. The maximum Gasteiger partial charge on any atom is 0.152 e. The second kappa shape index (κ2) is 5.35. The van der Waals surface area contributed by atoms with Crippen LogP contribution in [0.1, 0.15) is 19.4 Å². The molecule has 1 aromatic carbocycles. The molecule has 0 unspecified atom stereocenters. The van der Waals surface area contributed by atoms with Crippen molar-refractivity contribution in [3.8, 4) is 11.5 Å². The van der Waals surface area contributed by atoms with Gasteiger partial charge in [-0.25, -0.2) is 0 Å². The standard InChI is InChI=1S/C13H16O3/c1-9(5-10(2)14)11-6-12(15-3)8-13(7-11)16-4/h5-8H,1-4H3/b9-5+. The van der Waals surface area contributed by atoms with Gasteiger partial charge in [-0.05, 0) is 43.2 Å². The fraction of sp³-hybridized carbons (Fsp3) is 0.308. The molecule has 0 atom stereocenters. The van der Waals surface area contributed by atoms with Crippen molar-refractivity contribution in [2.75, 3.05) is 14.2 Å². The third-order valence-corrected chi connectivity index (χ3v) is 2.23. The molecule has 0 aliphatic heterocycles. The number of carbonyl (C=O) groups excluding carboxylic acids is 1. The molecule has 3 heteroatoms. The van der Waals surface area contributed by atoms with Gasteiger partial charge in [0.25, 0.3) is 0 Å². The van der Waals surface area contributed by atoms with Gasteiger partial charge >= 0.3 is 0 Å². The first-order valence-corrected chi connectivity index (χ1v) is 4.99. The summed E-state index contributed by atoms with van der Waals surface area (Å²) < 4.78 is 10.3. The van der Waals surface area contributed by atoms with Crippen molar-refractivity contribution in [1.82, 2.24) is 0 Å². The fourth-order valence-electron chi connectivity index (χ4n) is 1.42. The molecule has 1 rings (SSSR count). The Kier molecular flexibility index (Phi) is 4.11. The normalized spacial score (nSPS) is 11.1. The Hall–Kier alpha value is -1.77. The number of allylic oxidation sites excluding steroid dienone is 2. The predicted octanol–water partition coefficient (Wildman–Crippen LogP) is 2.70. The Labute approximate surface area is 95.7 Å². The van der Waals surface area contributed by atoms with Crippen molar-refractivity contribution in [1.29, 1.82) is 0 Å². The second-order valence-corrected chi connectivity index (χ2v) is 3.54. The molecule has 0 heterocycles. The van der Waals surface area contributed by atoms with Gasteiger partial charge < -0.3 is 9.47 Å². The van der Waals surface area contributed by atoms with Gasteiger partial charge in [-0.2, -0.15) is 0 Å². The van der Waals surface area contributed by atoms with Crippen molar-refractivity contribution in [2.45, 2.75) is 13.8 Å². The monoisotopic (exact) mass is 220 g/mol. The quantitative estimate of drug-likeness (QED) is 0.732. The van der Waals surface area contributed by atoms with Gasteiger partial charge in [-0.3, -0.25) is 4.79 Å². The number of ketones is 1. The number of hydrogen-bond acceptors (Lipinski definition) is 3. The number of methoxy groups -OCH3 is 2.